The van der Waals surface area contributed by atoms with Crippen LogP contribution in [0.5, 0.6) is 0 Å². The maximum atomic E-state index is 12.6. The number of hydrogen-bond acceptors (Lipinski definition) is 0. The normalized spacial score (nSPS) is 11.8. The molecule has 1 rings (SSSR count). The van der Waals surface area contributed by atoms with Gasteiger partial charge in [-0.1, -0.05) is 34.8 Å². The molecule has 0 aliphatic carbocycles. The van der Waals surface area contributed by atoms with Crippen molar-refractivity contribution in [3.8, 4) is 0 Å². The summed E-state index contributed by atoms with van der Waals surface area (Å²) >= 11 is 16.4. The van der Waals surface area contributed by atoms with Gasteiger partial charge in [-0.25, -0.2) is 8.78 Å². The molecule has 0 radical (unpaired) electrons. The zero-order valence-electron chi connectivity index (χ0n) is 6.33. The van der Waals surface area contributed by atoms with Gasteiger partial charge in [-0.15, -0.1) is 0 Å². The molecule has 1 aromatic carbocycles. The lowest BCUT2D eigenvalue weighted by atomic mass is 10.1. The standard InChI is InChI=1S/C8H5Cl3F2/c9-8(10,11)4-5-1-6(12)3-7(13)2-5/h1-3H,4H2. The van der Waals surface area contributed by atoms with Crippen LogP contribution in [0, 0.1) is 11.6 Å². The van der Waals surface area contributed by atoms with Gasteiger partial charge in [0.25, 0.3) is 0 Å². The molecule has 0 N–H and O–H groups in total. The van der Waals surface area contributed by atoms with E-state index in [1.807, 2.05) is 0 Å². The lowest BCUT2D eigenvalue weighted by Gasteiger charge is -2.10. The minimum atomic E-state index is -1.53. The molecule has 0 amide bonds. The summed E-state index contributed by atoms with van der Waals surface area (Å²) in [5.74, 6) is -1.35. The van der Waals surface area contributed by atoms with Gasteiger partial charge in [0, 0.05) is 12.5 Å². The van der Waals surface area contributed by atoms with Crippen LogP contribution in [0.2, 0.25) is 0 Å². The third-order valence-corrected chi connectivity index (χ3v) is 1.73. The average molecular weight is 245 g/mol. The summed E-state index contributed by atoms with van der Waals surface area (Å²) in [5, 5.41) is 0. The molecule has 0 aliphatic rings. The molecule has 13 heavy (non-hydrogen) atoms. The molecule has 0 saturated heterocycles. The summed E-state index contributed by atoms with van der Waals surface area (Å²) < 4.78 is 23.7. The van der Waals surface area contributed by atoms with E-state index in [1.54, 1.807) is 0 Å². The lowest BCUT2D eigenvalue weighted by Crippen LogP contribution is -2.07. The van der Waals surface area contributed by atoms with Crippen molar-refractivity contribution in [3.05, 3.63) is 35.4 Å². The van der Waals surface area contributed by atoms with Crippen LogP contribution in [0.15, 0.2) is 18.2 Å². The first-order valence-electron chi connectivity index (χ1n) is 3.38. The summed E-state index contributed by atoms with van der Waals surface area (Å²) in [5.41, 5.74) is 0.317. The van der Waals surface area contributed by atoms with Gasteiger partial charge in [0.2, 0.25) is 0 Å². The Bertz CT molecular complexity index is 286. The summed E-state index contributed by atoms with van der Waals surface area (Å²) in [6.07, 6.45) is -0.0215. The zero-order valence-corrected chi connectivity index (χ0v) is 8.60. The molecule has 0 nitrogen and oxygen atoms in total. The van der Waals surface area contributed by atoms with Crippen molar-refractivity contribution in [2.75, 3.05) is 0 Å². The fourth-order valence-corrected chi connectivity index (χ4v) is 1.41. The molecule has 0 unspecified atom stereocenters. The van der Waals surface area contributed by atoms with Crippen LogP contribution in [0.3, 0.4) is 0 Å². The number of halogens is 5. The SMILES string of the molecule is Fc1cc(F)cc(CC(Cl)(Cl)Cl)c1. The van der Waals surface area contributed by atoms with Gasteiger partial charge < -0.3 is 0 Å². The van der Waals surface area contributed by atoms with Gasteiger partial charge >= 0.3 is 0 Å². The quantitative estimate of drug-likeness (QED) is 0.659. The predicted octanol–water partition coefficient (Wildman–Crippen LogP) is 3.88. The van der Waals surface area contributed by atoms with Crippen molar-refractivity contribution < 1.29 is 8.78 Å². The van der Waals surface area contributed by atoms with Crippen LogP contribution in [0.4, 0.5) is 8.78 Å². The first kappa shape index (κ1) is 11.0. The monoisotopic (exact) mass is 244 g/mol. The average Bonchev–Trinajstić information content (AvgIpc) is 1.78. The maximum Gasteiger partial charge on any atom is 0.194 e. The Balaban J connectivity index is 2.90. The number of hydrogen-bond donors (Lipinski definition) is 0. The molecule has 0 aromatic heterocycles. The summed E-state index contributed by atoms with van der Waals surface area (Å²) in [7, 11) is 0. The Labute approximate surface area is 89.4 Å². The molecule has 0 atom stereocenters. The second-order valence-electron chi connectivity index (χ2n) is 2.57. The minimum Gasteiger partial charge on any atom is -0.207 e. The maximum absolute atomic E-state index is 12.6. The van der Waals surface area contributed by atoms with Crippen molar-refractivity contribution in [1.82, 2.24) is 0 Å². The topological polar surface area (TPSA) is 0 Å². The summed E-state index contributed by atoms with van der Waals surface area (Å²) in [6, 6.07) is 3.03. The van der Waals surface area contributed by atoms with Crippen LogP contribution >= 0.6 is 34.8 Å². The van der Waals surface area contributed by atoms with Gasteiger partial charge in [-0.3, -0.25) is 0 Å². The highest BCUT2D eigenvalue weighted by atomic mass is 35.6. The van der Waals surface area contributed by atoms with Crippen molar-refractivity contribution in [2.45, 2.75) is 10.2 Å². The van der Waals surface area contributed by atoms with Gasteiger partial charge in [0.15, 0.2) is 3.79 Å². The number of alkyl halides is 3. The molecular formula is C8H5Cl3F2. The molecular weight excluding hydrogens is 240 g/mol. The van der Waals surface area contributed by atoms with Crippen LogP contribution < -0.4 is 0 Å². The highest BCUT2D eigenvalue weighted by molar-refractivity contribution is 6.67. The molecule has 0 saturated carbocycles. The van der Waals surface area contributed by atoms with E-state index in [9.17, 15) is 8.78 Å². The second kappa shape index (κ2) is 3.99. The lowest BCUT2D eigenvalue weighted by molar-refractivity contribution is 0.579. The van der Waals surface area contributed by atoms with Gasteiger partial charge in [0.05, 0.1) is 0 Å². The Morgan fingerprint density at radius 3 is 1.85 bits per heavy atom. The first-order chi connectivity index (χ1) is 5.87. The van der Waals surface area contributed by atoms with Crippen molar-refractivity contribution in [1.29, 1.82) is 0 Å². The molecule has 72 valence electrons. The molecule has 0 spiro atoms. The van der Waals surface area contributed by atoms with Crippen LogP contribution in [-0.4, -0.2) is 3.79 Å². The van der Waals surface area contributed by atoms with E-state index >= 15 is 0 Å². The van der Waals surface area contributed by atoms with Crippen LogP contribution in [0.25, 0.3) is 0 Å². The van der Waals surface area contributed by atoms with E-state index in [4.69, 9.17) is 34.8 Å². The van der Waals surface area contributed by atoms with E-state index in [2.05, 4.69) is 0 Å². The van der Waals surface area contributed by atoms with Crippen molar-refractivity contribution in [3.63, 3.8) is 0 Å². The Morgan fingerprint density at radius 1 is 1.00 bits per heavy atom. The van der Waals surface area contributed by atoms with E-state index in [-0.39, 0.29) is 6.42 Å². The Morgan fingerprint density at radius 2 is 1.46 bits per heavy atom. The molecule has 0 fully saturated rings. The number of benzene rings is 1. The first-order valence-corrected chi connectivity index (χ1v) is 4.52. The second-order valence-corrected chi connectivity index (χ2v) is 5.09. The van der Waals surface area contributed by atoms with E-state index in [0.717, 1.165) is 18.2 Å². The predicted molar refractivity (Wildman–Crippen MR) is 50.4 cm³/mol. The van der Waals surface area contributed by atoms with Gasteiger partial charge in [-0.05, 0) is 17.7 Å². The minimum absolute atomic E-state index is 0.0215. The molecule has 1 aromatic rings. The van der Waals surface area contributed by atoms with E-state index < -0.39 is 15.4 Å². The highest BCUT2D eigenvalue weighted by Gasteiger charge is 2.20. The Hall–Kier alpha value is -0.0500. The van der Waals surface area contributed by atoms with Gasteiger partial charge in [0.1, 0.15) is 11.6 Å². The Kier molecular flexibility index (Phi) is 3.38. The van der Waals surface area contributed by atoms with Crippen molar-refractivity contribution in [2.24, 2.45) is 0 Å². The smallest absolute Gasteiger partial charge is 0.194 e. The third-order valence-electron chi connectivity index (χ3n) is 1.33. The number of rotatable bonds is 1. The fraction of sp³-hybridized carbons (Fsp3) is 0.250. The van der Waals surface area contributed by atoms with E-state index in [1.165, 1.54) is 0 Å². The highest BCUT2D eigenvalue weighted by Crippen LogP contribution is 2.30. The largest absolute Gasteiger partial charge is 0.207 e. The third kappa shape index (κ3) is 4.12. The summed E-state index contributed by atoms with van der Waals surface area (Å²) in [6.45, 7) is 0. The molecule has 5 heteroatoms. The molecule has 0 aliphatic heterocycles. The molecule has 0 heterocycles. The van der Waals surface area contributed by atoms with Crippen LogP contribution in [-0.2, 0) is 6.42 Å². The van der Waals surface area contributed by atoms with E-state index in [0.29, 0.717) is 5.56 Å². The van der Waals surface area contributed by atoms with Gasteiger partial charge in [-0.2, -0.15) is 0 Å². The van der Waals surface area contributed by atoms with Crippen molar-refractivity contribution >= 4 is 34.8 Å². The summed E-state index contributed by atoms with van der Waals surface area (Å²) in [4.78, 5) is 0. The van der Waals surface area contributed by atoms with Crippen LogP contribution in [0.1, 0.15) is 5.56 Å². The fourth-order valence-electron chi connectivity index (χ4n) is 0.944. The molecule has 0 bridgehead atoms. The zero-order chi connectivity index (χ0) is 10.1.